The van der Waals surface area contributed by atoms with Crippen LogP contribution in [0, 0.1) is 5.82 Å². The lowest BCUT2D eigenvalue weighted by molar-refractivity contribution is 0.628. The van der Waals surface area contributed by atoms with Crippen molar-refractivity contribution < 1.29 is 4.39 Å². The van der Waals surface area contributed by atoms with E-state index >= 15 is 0 Å². The van der Waals surface area contributed by atoms with Gasteiger partial charge in [0, 0.05) is 24.9 Å². The Kier molecular flexibility index (Phi) is 3.58. The molecule has 0 aliphatic carbocycles. The number of aryl methyl sites for hydroxylation is 1. The minimum absolute atomic E-state index is 0.145. The van der Waals surface area contributed by atoms with Crippen LogP contribution < -0.4 is 5.56 Å². The predicted molar refractivity (Wildman–Crippen MR) is 92.3 cm³/mol. The SMILES string of the molecule is Cn1cc(-n2c(-c3cccc(F)c3)nc3c(Cl)ncnc32)ccc1=O. The fourth-order valence-corrected chi connectivity index (χ4v) is 2.81. The molecule has 6 nitrogen and oxygen atoms in total. The van der Waals surface area contributed by atoms with Crippen molar-refractivity contribution in [2.75, 3.05) is 0 Å². The van der Waals surface area contributed by atoms with Gasteiger partial charge in [0.05, 0.1) is 5.69 Å². The van der Waals surface area contributed by atoms with Gasteiger partial charge in [-0.15, -0.1) is 0 Å². The maximum absolute atomic E-state index is 13.7. The molecule has 0 aliphatic rings. The fourth-order valence-electron chi connectivity index (χ4n) is 2.64. The zero-order valence-corrected chi connectivity index (χ0v) is 13.8. The number of halogens is 2. The number of rotatable bonds is 2. The molecule has 0 fully saturated rings. The van der Waals surface area contributed by atoms with Crippen molar-refractivity contribution in [3.05, 3.63) is 70.2 Å². The topological polar surface area (TPSA) is 65.6 Å². The summed E-state index contributed by atoms with van der Waals surface area (Å²) in [5, 5.41) is 0.200. The average molecular weight is 356 g/mol. The summed E-state index contributed by atoms with van der Waals surface area (Å²) in [6.07, 6.45) is 2.99. The first-order valence-corrected chi connectivity index (χ1v) is 7.74. The molecule has 0 spiro atoms. The van der Waals surface area contributed by atoms with Gasteiger partial charge in [0.25, 0.3) is 0 Å². The van der Waals surface area contributed by atoms with E-state index in [0.29, 0.717) is 28.2 Å². The molecule has 124 valence electrons. The van der Waals surface area contributed by atoms with Crippen LogP contribution in [0.4, 0.5) is 4.39 Å². The first kappa shape index (κ1) is 15.5. The van der Waals surface area contributed by atoms with Crippen LogP contribution in [0.2, 0.25) is 5.15 Å². The molecule has 0 saturated heterocycles. The molecule has 0 atom stereocenters. The van der Waals surface area contributed by atoms with Gasteiger partial charge in [-0.3, -0.25) is 9.36 Å². The molecule has 0 saturated carbocycles. The monoisotopic (exact) mass is 355 g/mol. The summed E-state index contributed by atoms with van der Waals surface area (Å²) in [6.45, 7) is 0. The lowest BCUT2D eigenvalue weighted by Crippen LogP contribution is -2.15. The molecule has 0 amide bonds. The molecule has 0 unspecified atom stereocenters. The summed E-state index contributed by atoms with van der Waals surface area (Å²) < 4.78 is 16.9. The van der Waals surface area contributed by atoms with Gasteiger partial charge < -0.3 is 4.57 Å². The van der Waals surface area contributed by atoms with Crippen LogP contribution >= 0.6 is 11.6 Å². The number of imidazole rings is 1. The van der Waals surface area contributed by atoms with Crippen molar-refractivity contribution >= 4 is 22.8 Å². The van der Waals surface area contributed by atoms with Crippen LogP contribution in [0.5, 0.6) is 0 Å². The van der Waals surface area contributed by atoms with E-state index in [1.807, 2.05) is 0 Å². The molecule has 0 N–H and O–H groups in total. The van der Waals surface area contributed by atoms with Gasteiger partial charge in [0.1, 0.15) is 23.5 Å². The van der Waals surface area contributed by atoms with E-state index in [1.54, 1.807) is 36.0 Å². The van der Waals surface area contributed by atoms with E-state index in [-0.39, 0.29) is 16.5 Å². The Bertz CT molecular complexity index is 1170. The highest BCUT2D eigenvalue weighted by Gasteiger charge is 2.18. The zero-order chi connectivity index (χ0) is 17.6. The fraction of sp³-hybridized carbons (Fsp3) is 0.0588. The Morgan fingerprint density at radius 3 is 2.76 bits per heavy atom. The van der Waals surface area contributed by atoms with Crippen molar-refractivity contribution in [3.63, 3.8) is 0 Å². The highest BCUT2D eigenvalue weighted by atomic mass is 35.5. The van der Waals surface area contributed by atoms with Crippen LogP contribution in [-0.4, -0.2) is 24.1 Å². The molecule has 1 aromatic carbocycles. The normalized spacial score (nSPS) is 11.2. The quantitative estimate of drug-likeness (QED) is 0.518. The van der Waals surface area contributed by atoms with E-state index < -0.39 is 0 Å². The molecule has 4 rings (SSSR count). The first-order valence-electron chi connectivity index (χ1n) is 7.36. The summed E-state index contributed by atoms with van der Waals surface area (Å²) in [6, 6.07) is 9.17. The number of hydrogen-bond donors (Lipinski definition) is 0. The van der Waals surface area contributed by atoms with E-state index in [4.69, 9.17) is 11.6 Å². The van der Waals surface area contributed by atoms with Crippen LogP contribution in [0.15, 0.2) is 53.7 Å². The number of nitrogens with zero attached hydrogens (tertiary/aromatic N) is 5. The number of benzene rings is 1. The first-order chi connectivity index (χ1) is 12.0. The van der Waals surface area contributed by atoms with E-state index in [2.05, 4.69) is 15.0 Å². The minimum atomic E-state index is -0.381. The molecule has 3 aromatic heterocycles. The standard InChI is InChI=1S/C17H11ClFN5O/c1-23-8-12(5-6-13(23)25)24-16(10-3-2-4-11(19)7-10)22-14-15(18)20-9-21-17(14)24/h2-9H,1H3. The molecule has 8 heteroatoms. The van der Waals surface area contributed by atoms with Crippen LogP contribution in [0.1, 0.15) is 0 Å². The zero-order valence-electron chi connectivity index (χ0n) is 13.0. The van der Waals surface area contributed by atoms with Crippen molar-refractivity contribution in [3.8, 4) is 17.1 Å². The van der Waals surface area contributed by atoms with Gasteiger partial charge in [-0.1, -0.05) is 23.7 Å². The summed E-state index contributed by atoms with van der Waals surface area (Å²) in [5.41, 5.74) is 1.94. The van der Waals surface area contributed by atoms with Crippen LogP contribution in [0.3, 0.4) is 0 Å². The third-order valence-electron chi connectivity index (χ3n) is 3.81. The maximum atomic E-state index is 13.7. The third-order valence-corrected chi connectivity index (χ3v) is 4.09. The third kappa shape index (κ3) is 2.58. The maximum Gasteiger partial charge on any atom is 0.250 e. The van der Waals surface area contributed by atoms with Crippen LogP contribution in [0.25, 0.3) is 28.2 Å². The van der Waals surface area contributed by atoms with Gasteiger partial charge in [0.2, 0.25) is 5.56 Å². The lowest BCUT2D eigenvalue weighted by atomic mass is 10.2. The van der Waals surface area contributed by atoms with Crippen molar-refractivity contribution in [2.24, 2.45) is 7.05 Å². The highest BCUT2D eigenvalue weighted by Crippen LogP contribution is 2.29. The molecule has 3 heterocycles. The number of pyridine rings is 1. The molecule has 0 aliphatic heterocycles. The number of hydrogen-bond acceptors (Lipinski definition) is 4. The average Bonchev–Trinajstić information content (AvgIpc) is 2.98. The summed E-state index contributed by atoms with van der Waals surface area (Å²) in [5.74, 6) is 0.0734. The van der Waals surface area contributed by atoms with E-state index in [1.165, 1.54) is 29.1 Å². The van der Waals surface area contributed by atoms with Gasteiger partial charge in [-0.25, -0.2) is 19.3 Å². The highest BCUT2D eigenvalue weighted by molar-refractivity contribution is 6.33. The summed E-state index contributed by atoms with van der Waals surface area (Å²) in [4.78, 5) is 24.4. The van der Waals surface area contributed by atoms with Gasteiger partial charge in [0.15, 0.2) is 10.8 Å². The van der Waals surface area contributed by atoms with Gasteiger partial charge >= 0.3 is 0 Å². The van der Waals surface area contributed by atoms with Gasteiger partial charge in [-0.05, 0) is 18.2 Å². The smallest absolute Gasteiger partial charge is 0.250 e. The second kappa shape index (κ2) is 5.78. The molecular weight excluding hydrogens is 345 g/mol. The van der Waals surface area contributed by atoms with Crippen molar-refractivity contribution in [2.45, 2.75) is 0 Å². The Hall–Kier alpha value is -3.06. The number of aromatic nitrogens is 5. The molecule has 4 aromatic rings. The van der Waals surface area contributed by atoms with Crippen LogP contribution in [-0.2, 0) is 7.05 Å². The van der Waals surface area contributed by atoms with Crippen molar-refractivity contribution in [1.82, 2.24) is 24.1 Å². The largest absolute Gasteiger partial charge is 0.316 e. The molecule has 25 heavy (non-hydrogen) atoms. The lowest BCUT2D eigenvalue weighted by Gasteiger charge is -2.10. The van der Waals surface area contributed by atoms with E-state index in [9.17, 15) is 9.18 Å². The molecular formula is C17H11ClFN5O. The second-order valence-electron chi connectivity index (χ2n) is 5.45. The Balaban J connectivity index is 2.10. The molecule has 0 radical (unpaired) electrons. The molecule has 0 bridgehead atoms. The summed E-state index contributed by atoms with van der Waals surface area (Å²) in [7, 11) is 1.65. The minimum Gasteiger partial charge on any atom is -0.316 e. The Labute approximate surface area is 146 Å². The Morgan fingerprint density at radius 2 is 2.00 bits per heavy atom. The second-order valence-corrected chi connectivity index (χ2v) is 5.81. The summed E-state index contributed by atoms with van der Waals surface area (Å²) >= 11 is 6.15. The van der Waals surface area contributed by atoms with Gasteiger partial charge in [-0.2, -0.15) is 0 Å². The number of fused-ring (bicyclic) bond motifs is 1. The van der Waals surface area contributed by atoms with E-state index in [0.717, 1.165) is 0 Å². The van der Waals surface area contributed by atoms with Crippen molar-refractivity contribution in [1.29, 1.82) is 0 Å². The predicted octanol–water partition coefficient (Wildman–Crippen LogP) is 2.97. The Morgan fingerprint density at radius 1 is 1.16 bits per heavy atom.